The van der Waals surface area contributed by atoms with Gasteiger partial charge in [0.2, 0.25) is 5.91 Å². The van der Waals surface area contributed by atoms with E-state index in [0.717, 1.165) is 4.90 Å². The van der Waals surface area contributed by atoms with Crippen molar-refractivity contribution in [2.45, 2.75) is 32.4 Å². The Morgan fingerprint density at radius 2 is 2.08 bits per heavy atom. The van der Waals surface area contributed by atoms with E-state index in [4.69, 9.17) is 16.3 Å². The van der Waals surface area contributed by atoms with E-state index in [2.05, 4.69) is 15.3 Å². The van der Waals surface area contributed by atoms with Gasteiger partial charge in [0.1, 0.15) is 6.61 Å². The Hall–Kier alpha value is -2.42. The number of likely N-dealkylation sites (tertiary alicyclic amines) is 1. The summed E-state index contributed by atoms with van der Waals surface area (Å²) < 4.78 is 4.90. The molecule has 2 atom stereocenters. The summed E-state index contributed by atoms with van der Waals surface area (Å²) in [6, 6.07) is -0.445. The van der Waals surface area contributed by atoms with Crippen LogP contribution >= 0.6 is 11.6 Å². The lowest BCUT2D eigenvalue weighted by Crippen LogP contribution is -2.51. The topological polar surface area (TPSA) is 122 Å². The van der Waals surface area contributed by atoms with Crippen LogP contribution in [0.2, 0.25) is 5.15 Å². The van der Waals surface area contributed by atoms with Crippen molar-refractivity contribution >= 4 is 29.6 Å². The number of aromatic nitrogens is 2. The molecule has 1 aromatic heterocycles. The number of carboxylic acid groups (broad SMARTS) is 1. The number of halogens is 1. The van der Waals surface area contributed by atoms with Crippen molar-refractivity contribution in [3.63, 3.8) is 0 Å². The minimum atomic E-state index is -1.15. The van der Waals surface area contributed by atoms with Crippen molar-refractivity contribution in [1.82, 2.24) is 20.2 Å². The van der Waals surface area contributed by atoms with E-state index in [1.54, 1.807) is 0 Å². The largest absolute Gasteiger partial charge is 0.465 e. The molecule has 25 heavy (non-hydrogen) atoms. The standard InChI is InChI=1S/C15H19ClN4O5/c1-9(21)25-8-11-3-2-10(7-20(11)15(23)24)14(22)19-6-12-13(16)18-5-4-17-12/h4-5,10-11H,2-3,6-8H2,1H3,(H,19,22)(H,23,24). The molecule has 1 aliphatic rings. The van der Waals surface area contributed by atoms with Crippen molar-refractivity contribution in [3.8, 4) is 0 Å². The van der Waals surface area contributed by atoms with Crippen LogP contribution in [-0.4, -0.2) is 57.1 Å². The molecular weight excluding hydrogens is 352 g/mol. The molecule has 2 N–H and O–H groups in total. The van der Waals surface area contributed by atoms with E-state index in [-0.39, 0.29) is 30.8 Å². The van der Waals surface area contributed by atoms with Crippen molar-refractivity contribution in [3.05, 3.63) is 23.2 Å². The Bertz CT molecular complexity index is 657. The minimum Gasteiger partial charge on any atom is -0.465 e. The molecule has 136 valence electrons. The van der Waals surface area contributed by atoms with Gasteiger partial charge in [-0.2, -0.15) is 0 Å². The molecule has 1 aliphatic heterocycles. The predicted octanol–water partition coefficient (Wildman–Crippen LogP) is 1.07. The van der Waals surface area contributed by atoms with Crippen LogP contribution in [-0.2, 0) is 20.9 Å². The summed E-state index contributed by atoms with van der Waals surface area (Å²) >= 11 is 5.89. The zero-order chi connectivity index (χ0) is 18.4. The highest BCUT2D eigenvalue weighted by atomic mass is 35.5. The summed E-state index contributed by atoms with van der Waals surface area (Å²) in [6.07, 6.45) is 2.70. The lowest BCUT2D eigenvalue weighted by Gasteiger charge is -2.36. The maximum Gasteiger partial charge on any atom is 0.407 e. The Labute approximate surface area is 149 Å². The number of nitrogens with one attached hydrogen (secondary N) is 1. The van der Waals surface area contributed by atoms with Crippen LogP contribution in [0.3, 0.4) is 0 Å². The fourth-order valence-electron chi connectivity index (χ4n) is 2.65. The number of rotatable bonds is 5. The van der Waals surface area contributed by atoms with Crippen molar-refractivity contribution < 1.29 is 24.2 Å². The van der Waals surface area contributed by atoms with Gasteiger partial charge in [0.05, 0.1) is 24.2 Å². The van der Waals surface area contributed by atoms with Crippen LogP contribution < -0.4 is 5.32 Å². The number of ether oxygens (including phenoxy) is 1. The number of nitrogens with zero attached hydrogens (tertiary/aromatic N) is 3. The average molecular weight is 371 g/mol. The van der Waals surface area contributed by atoms with Gasteiger partial charge in [-0.15, -0.1) is 0 Å². The van der Waals surface area contributed by atoms with Crippen LogP contribution in [0, 0.1) is 5.92 Å². The van der Waals surface area contributed by atoms with E-state index < -0.39 is 24.0 Å². The fraction of sp³-hybridized carbons (Fsp3) is 0.533. The van der Waals surface area contributed by atoms with Crippen LogP contribution in [0.5, 0.6) is 0 Å². The first-order chi connectivity index (χ1) is 11.9. The number of amides is 2. The second-order valence-electron chi connectivity index (χ2n) is 5.68. The molecule has 2 amide bonds. The summed E-state index contributed by atoms with van der Waals surface area (Å²) in [5.74, 6) is -1.23. The molecule has 0 aliphatic carbocycles. The molecule has 1 fully saturated rings. The third-order valence-corrected chi connectivity index (χ3v) is 4.27. The van der Waals surface area contributed by atoms with Gasteiger partial charge in [-0.05, 0) is 12.8 Å². The van der Waals surface area contributed by atoms with Gasteiger partial charge in [-0.1, -0.05) is 11.6 Å². The number of esters is 1. The lowest BCUT2D eigenvalue weighted by atomic mass is 9.92. The molecule has 0 aromatic carbocycles. The molecule has 1 saturated heterocycles. The maximum absolute atomic E-state index is 12.3. The molecule has 9 nitrogen and oxygen atoms in total. The highest BCUT2D eigenvalue weighted by Crippen LogP contribution is 2.23. The maximum atomic E-state index is 12.3. The molecule has 0 radical (unpaired) electrons. The smallest absolute Gasteiger partial charge is 0.407 e. The monoisotopic (exact) mass is 370 g/mol. The first kappa shape index (κ1) is 18.9. The summed E-state index contributed by atoms with van der Waals surface area (Å²) in [5.41, 5.74) is 0.441. The van der Waals surface area contributed by atoms with Crippen molar-refractivity contribution in [2.75, 3.05) is 13.2 Å². The third-order valence-electron chi connectivity index (χ3n) is 3.95. The first-order valence-electron chi connectivity index (χ1n) is 7.74. The minimum absolute atomic E-state index is 0.00874. The number of piperidine rings is 1. The second kappa shape index (κ2) is 8.61. The Kier molecular flexibility index (Phi) is 6.51. The average Bonchev–Trinajstić information content (AvgIpc) is 2.58. The van der Waals surface area contributed by atoms with Gasteiger partial charge < -0.3 is 20.1 Å². The number of hydrogen-bond acceptors (Lipinski definition) is 6. The van der Waals surface area contributed by atoms with Crippen molar-refractivity contribution in [1.29, 1.82) is 0 Å². The normalized spacial score (nSPS) is 20.0. The molecule has 2 heterocycles. The Balaban J connectivity index is 1.92. The van der Waals surface area contributed by atoms with Gasteiger partial charge in [0, 0.05) is 25.9 Å². The third kappa shape index (κ3) is 5.28. The van der Waals surface area contributed by atoms with Gasteiger partial charge in [0.15, 0.2) is 5.15 Å². The predicted molar refractivity (Wildman–Crippen MR) is 86.8 cm³/mol. The zero-order valence-electron chi connectivity index (χ0n) is 13.6. The SMILES string of the molecule is CC(=O)OCC1CCC(C(=O)NCc2nccnc2Cl)CN1C(=O)O. The number of carbonyl (C=O) groups is 3. The molecule has 1 aromatic rings. The molecule has 0 saturated carbocycles. The molecule has 0 spiro atoms. The fourth-order valence-corrected chi connectivity index (χ4v) is 2.82. The summed E-state index contributed by atoms with van der Waals surface area (Å²) in [6.45, 7) is 1.42. The van der Waals surface area contributed by atoms with E-state index in [9.17, 15) is 19.5 Å². The van der Waals surface area contributed by atoms with E-state index in [1.165, 1.54) is 19.3 Å². The van der Waals surface area contributed by atoms with Crippen LogP contribution in [0.4, 0.5) is 4.79 Å². The molecule has 2 rings (SSSR count). The van der Waals surface area contributed by atoms with Gasteiger partial charge in [-0.25, -0.2) is 9.78 Å². The van der Waals surface area contributed by atoms with Gasteiger partial charge in [-0.3, -0.25) is 14.6 Å². The quantitative estimate of drug-likeness (QED) is 0.743. The highest BCUT2D eigenvalue weighted by Gasteiger charge is 2.35. The zero-order valence-corrected chi connectivity index (χ0v) is 14.4. The van der Waals surface area contributed by atoms with E-state index in [0.29, 0.717) is 18.5 Å². The molecule has 0 bridgehead atoms. The molecule has 10 heteroatoms. The van der Waals surface area contributed by atoms with Crippen molar-refractivity contribution in [2.24, 2.45) is 5.92 Å². The molecule has 2 unspecified atom stereocenters. The number of carbonyl (C=O) groups excluding carboxylic acids is 2. The number of hydrogen-bond donors (Lipinski definition) is 2. The summed E-state index contributed by atoms with van der Waals surface area (Å²) in [4.78, 5) is 43.7. The van der Waals surface area contributed by atoms with Crippen LogP contribution in [0.1, 0.15) is 25.5 Å². The first-order valence-corrected chi connectivity index (χ1v) is 8.12. The Morgan fingerprint density at radius 3 is 2.72 bits per heavy atom. The Morgan fingerprint density at radius 1 is 1.36 bits per heavy atom. The highest BCUT2D eigenvalue weighted by molar-refractivity contribution is 6.29. The van der Waals surface area contributed by atoms with E-state index in [1.807, 2.05) is 0 Å². The molecular formula is C15H19ClN4O5. The lowest BCUT2D eigenvalue weighted by molar-refractivity contribution is -0.143. The summed E-state index contributed by atoms with van der Waals surface area (Å²) in [7, 11) is 0. The summed E-state index contributed by atoms with van der Waals surface area (Å²) in [5, 5.41) is 12.2. The second-order valence-corrected chi connectivity index (χ2v) is 6.04. The van der Waals surface area contributed by atoms with Gasteiger partial charge >= 0.3 is 12.1 Å². The van der Waals surface area contributed by atoms with Crippen LogP contribution in [0.25, 0.3) is 0 Å². The van der Waals surface area contributed by atoms with Crippen LogP contribution in [0.15, 0.2) is 12.4 Å². The van der Waals surface area contributed by atoms with E-state index >= 15 is 0 Å². The van der Waals surface area contributed by atoms with Gasteiger partial charge in [0.25, 0.3) is 0 Å².